The summed E-state index contributed by atoms with van der Waals surface area (Å²) in [6, 6.07) is 31.6. The number of unbranched alkanes of at least 4 members (excludes halogenated alkanes) is 8. The summed E-state index contributed by atoms with van der Waals surface area (Å²) in [5.41, 5.74) is 6.07. The van der Waals surface area contributed by atoms with Gasteiger partial charge in [0.2, 0.25) is 11.8 Å². The smallest absolute Gasteiger partial charge is 0.396 e. The number of carbonyl (C=O) groups is 2. The molecule has 0 saturated heterocycles. The summed E-state index contributed by atoms with van der Waals surface area (Å²) in [5.74, 6) is -0.523. The molecule has 0 saturated carbocycles. The molecule has 0 atom stereocenters. The van der Waals surface area contributed by atoms with Crippen molar-refractivity contribution in [2.45, 2.75) is 128 Å². The van der Waals surface area contributed by atoms with E-state index in [0.717, 1.165) is 104 Å². The molecule has 4 aromatic carbocycles. The molecular formula is C52H68F3N2O6P. The molecule has 0 unspecified atom stereocenters. The van der Waals surface area contributed by atoms with Gasteiger partial charge >= 0.3 is 13.8 Å². The third-order valence-corrected chi connectivity index (χ3v) is 14.5. The van der Waals surface area contributed by atoms with Gasteiger partial charge in [0, 0.05) is 13.2 Å². The number of hydrogen-bond acceptors (Lipinski definition) is 6. The highest BCUT2D eigenvalue weighted by atomic mass is 31.2. The molecule has 64 heavy (non-hydrogen) atoms. The van der Waals surface area contributed by atoms with Gasteiger partial charge in [-0.05, 0) is 90.0 Å². The van der Waals surface area contributed by atoms with E-state index in [1.807, 2.05) is 93.6 Å². The van der Waals surface area contributed by atoms with E-state index in [4.69, 9.17) is 14.2 Å². The van der Waals surface area contributed by atoms with E-state index in [2.05, 4.69) is 34.9 Å². The zero-order chi connectivity index (χ0) is 46.1. The Morgan fingerprint density at radius 2 is 0.938 bits per heavy atom. The first kappa shape index (κ1) is 50.7. The van der Waals surface area contributed by atoms with Crippen LogP contribution in [0, 0.1) is 0 Å². The Labute approximate surface area is 378 Å². The van der Waals surface area contributed by atoms with Crippen molar-refractivity contribution in [3.05, 3.63) is 119 Å². The molecule has 0 aromatic heterocycles. The van der Waals surface area contributed by atoms with E-state index in [1.165, 1.54) is 11.1 Å². The minimum Gasteiger partial charge on any atom is -0.396 e. The van der Waals surface area contributed by atoms with Gasteiger partial charge in [0.15, 0.2) is 0 Å². The summed E-state index contributed by atoms with van der Waals surface area (Å²) in [5, 5.41) is 14.2. The maximum Gasteiger partial charge on any atom is 0.405 e. The molecule has 8 nitrogen and oxygen atoms in total. The van der Waals surface area contributed by atoms with Gasteiger partial charge in [0.1, 0.15) is 17.4 Å². The first-order valence-corrected chi connectivity index (χ1v) is 25.2. The number of alkyl halides is 3. The maximum absolute atomic E-state index is 13.6. The van der Waals surface area contributed by atoms with Crippen molar-refractivity contribution in [1.82, 2.24) is 10.6 Å². The highest BCUT2D eigenvalue weighted by Crippen LogP contribution is 2.54. The van der Waals surface area contributed by atoms with E-state index in [9.17, 15) is 27.3 Å². The maximum atomic E-state index is 13.6. The predicted molar refractivity (Wildman–Crippen MR) is 251 cm³/mol. The molecule has 3 N–H and O–H groups in total. The summed E-state index contributed by atoms with van der Waals surface area (Å²) in [6.45, 7) is 6.39. The van der Waals surface area contributed by atoms with Gasteiger partial charge in [0.05, 0.1) is 19.4 Å². The number of likely N-dealkylation sites (N-methyl/N-ethyl adjacent to an activating group) is 1. The number of fused-ring (bicyclic) bond motifs is 6. The number of aliphatic hydroxyl groups excluding tert-OH is 1. The summed E-state index contributed by atoms with van der Waals surface area (Å²) in [6.07, 6.45) is 7.16. The van der Waals surface area contributed by atoms with Crippen molar-refractivity contribution in [3.8, 4) is 22.3 Å². The Kier molecular flexibility index (Phi) is 19.3. The van der Waals surface area contributed by atoms with Crippen LogP contribution in [0.5, 0.6) is 0 Å². The summed E-state index contributed by atoms with van der Waals surface area (Å²) in [4.78, 5) is 26.8. The van der Waals surface area contributed by atoms with Gasteiger partial charge in [-0.1, -0.05) is 162 Å². The molecule has 0 radical (unpaired) electrons. The molecule has 0 spiro atoms. The van der Waals surface area contributed by atoms with Gasteiger partial charge in [-0.15, -0.1) is 0 Å². The topological polar surface area (TPSA) is 114 Å². The van der Waals surface area contributed by atoms with Crippen LogP contribution >= 0.6 is 7.60 Å². The van der Waals surface area contributed by atoms with Crippen LogP contribution in [-0.2, 0) is 34.0 Å². The second kappa shape index (κ2) is 24.3. The molecule has 0 aliphatic heterocycles. The first-order chi connectivity index (χ1) is 30.9. The Morgan fingerprint density at radius 1 is 0.562 bits per heavy atom. The molecule has 0 heterocycles. The standard InChI is InChI=1S/C30H41F3NO4P.C22H27NO2/c1-3-5-20-37-39(36,38-21-6-4-2)22-14-8-7-13-19-29(28(35)34-23-30(31,32)33)26-17-11-9-15-24(26)25-16-10-12-18-27(25)29;1-2-23-21(25)22(15-9-3-4-10-16-24)19-13-7-5-11-17(19)18-12-6-8-14-20(18)22/h9-12,15-18H,3-8,13-14,19-23H2,1-2H3,(H,34,35);5-8,11-14,24H,2-4,9-10,15-16H2,1H3,(H,23,25). The highest BCUT2D eigenvalue weighted by Gasteiger charge is 2.50. The van der Waals surface area contributed by atoms with Crippen LogP contribution in [0.25, 0.3) is 22.3 Å². The van der Waals surface area contributed by atoms with Crippen LogP contribution in [0.2, 0.25) is 0 Å². The van der Waals surface area contributed by atoms with Gasteiger partial charge in [-0.25, -0.2) is 0 Å². The summed E-state index contributed by atoms with van der Waals surface area (Å²) < 4.78 is 63.7. The van der Waals surface area contributed by atoms with E-state index >= 15 is 0 Å². The lowest BCUT2D eigenvalue weighted by molar-refractivity contribution is -0.141. The lowest BCUT2D eigenvalue weighted by atomic mass is 9.73. The number of hydrogen-bond donors (Lipinski definition) is 3. The predicted octanol–water partition coefficient (Wildman–Crippen LogP) is 12.4. The van der Waals surface area contributed by atoms with Crippen molar-refractivity contribution in [1.29, 1.82) is 0 Å². The zero-order valence-corrected chi connectivity index (χ0v) is 38.8. The van der Waals surface area contributed by atoms with E-state index in [-0.39, 0.29) is 12.5 Å². The Hall–Kier alpha value is -4.28. The number of benzene rings is 4. The lowest BCUT2D eigenvalue weighted by Crippen LogP contribution is -2.47. The molecule has 348 valence electrons. The van der Waals surface area contributed by atoms with Crippen LogP contribution in [0.1, 0.15) is 133 Å². The van der Waals surface area contributed by atoms with Crippen LogP contribution in [0.4, 0.5) is 13.2 Å². The summed E-state index contributed by atoms with van der Waals surface area (Å²) in [7, 11) is -3.16. The van der Waals surface area contributed by atoms with Crippen LogP contribution in [0.3, 0.4) is 0 Å². The van der Waals surface area contributed by atoms with Crippen molar-refractivity contribution in [3.63, 3.8) is 0 Å². The Bertz CT molecular complexity index is 2050. The number of aliphatic hydroxyl groups is 1. The second-order valence-electron chi connectivity index (χ2n) is 16.9. The van der Waals surface area contributed by atoms with Crippen molar-refractivity contribution in [2.75, 3.05) is 39.1 Å². The van der Waals surface area contributed by atoms with Crippen molar-refractivity contribution >= 4 is 19.4 Å². The fourth-order valence-electron chi connectivity index (χ4n) is 9.32. The van der Waals surface area contributed by atoms with Crippen molar-refractivity contribution in [2.24, 2.45) is 0 Å². The molecule has 12 heteroatoms. The highest BCUT2D eigenvalue weighted by molar-refractivity contribution is 7.53. The van der Waals surface area contributed by atoms with Crippen LogP contribution in [0.15, 0.2) is 97.1 Å². The van der Waals surface area contributed by atoms with Gasteiger partial charge in [0.25, 0.3) is 0 Å². The third-order valence-electron chi connectivity index (χ3n) is 12.5. The lowest BCUT2D eigenvalue weighted by Gasteiger charge is -2.31. The number of nitrogens with one attached hydrogen (secondary N) is 2. The second-order valence-corrected chi connectivity index (χ2v) is 19.1. The Morgan fingerprint density at radius 3 is 1.31 bits per heavy atom. The molecule has 2 aliphatic carbocycles. The van der Waals surface area contributed by atoms with Gasteiger partial charge in [-0.2, -0.15) is 13.2 Å². The number of amides is 2. The van der Waals surface area contributed by atoms with E-state index in [0.29, 0.717) is 45.2 Å². The molecular weight excluding hydrogens is 837 g/mol. The Balaban J connectivity index is 0.000000264. The average molecular weight is 905 g/mol. The fraction of sp³-hybridized carbons (Fsp3) is 0.500. The minimum atomic E-state index is -4.50. The molecule has 6 rings (SSSR count). The zero-order valence-electron chi connectivity index (χ0n) is 37.9. The minimum absolute atomic E-state index is 0.106. The largest absolute Gasteiger partial charge is 0.405 e. The van der Waals surface area contributed by atoms with Gasteiger partial charge < -0.3 is 24.8 Å². The number of rotatable bonds is 25. The van der Waals surface area contributed by atoms with Crippen molar-refractivity contribution < 1.29 is 41.5 Å². The monoisotopic (exact) mass is 904 g/mol. The molecule has 0 fully saturated rings. The average Bonchev–Trinajstić information content (AvgIpc) is 3.75. The van der Waals surface area contributed by atoms with Crippen LogP contribution < -0.4 is 10.6 Å². The first-order valence-electron chi connectivity index (χ1n) is 23.4. The van der Waals surface area contributed by atoms with E-state index < -0.39 is 37.1 Å². The number of halogens is 3. The SMILES string of the molecule is CCCCOP(=O)(CCCCCCC1(C(=O)NCC(F)(F)F)c2ccccc2-c2ccccc21)OCCCC.CCNC(=O)C1(CCCCCCO)c2ccccc2-c2ccccc21. The fourth-order valence-corrected chi connectivity index (χ4v) is 11.1. The van der Waals surface area contributed by atoms with Gasteiger partial charge in [-0.3, -0.25) is 14.2 Å². The normalized spacial score (nSPS) is 14.1. The molecule has 4 aromatic rings. The quantitative estimate of drug-likeness (QED) is 0.0451. The molecule has 2 amide bonds. The molecule has 0 bridgehead atoms. The van der Waals surface area contributed by atoms with E-state index in [1.54, 1.807) is 0 Å². The molecule has 2 aliphatic rings. The third kappa shape index (κ3) is 12.1. The summed E-state index contributed by atoms with van der Waals surface area (Å²) >= 11 is 0. The van der Waals surface area contributed by atoms with Crippen LogP contribution in [-0.4, -0.2) is 62.2 Å². The number of carbonyl (C=O) groups excluding carboxylic acids is 2.